The highest BCUT2D eigenvalue weighted by atomic mass is 79.9. The van der Waals surface area contributed by atoms with Crippen molar-refractivity contribution in [2.24, 2.45) is 0 Å². The summed E-state index contributed by atoms with van der Waals surface area (Å²) in [5.41, 5.74) is 1.06. The average molecular weight is 585 g/mol. The van der Waals surface area contributed by atoms with Crippen LogP contribution in [0.4, 0.5) is 0 Å². The molecule has 0 aliphatic heterocycles. The van der Waals surface area contributed by atoms with Gasteiger partial charge in [-0.05, 0) is 65.0 Å². The molecule has 0 aliphatic carbocycles. The van der Waals surface area contributed by atoms with Crippen LogP contribution < -0.4 is 9.47 Å². The van der Waals surface area contributed by atoms with Gasteiger partial charge >= 0.3 is 5.97 Å². The van der Waals surface area contributed by atoms with Crippen molar-refractivity contribution in [3.05, 3.63) is 49.7 Å². The highest BCUT2D eigenvalue weighted by Crippen LogP contribution is 2.37. The fraction of sp³-hybridized carbons (Fsp3) is 0.190. The second kappa shape index (κ2) is 10.4. The van der Waals surface area contributed by atoms with Gasteiger partial charge in [-0.3, -0.25) is 0 Å². The van der Waals surface area contributed by atoms with Gasteiger partial charge in [0.1, 0.15) is 22.2 Å². The Morgan fingerprint density at radius 2 is 1.78 bits per heavy atom. The van der Waals surface area contributed by atoms with Crippen LogP contribution >= 0.6 is 43.6 Å². The van der Waals surface area contributed by atoms with E-state index in [1.54, 1.807) is 49.1 Å². The van der Waals surface area contributed by atoms with Crippen LogP contribution in [0.5, 0.6) is 17.2 Å². The first-order valence-corrected chi connectivity index (χ1v) is 11.6. The predicted octanol–water partition coefficient (Wildman–Crippen LogP) is 5.43. The van der Waals surface area contributed by atoms with E-state index in [-0.39, 0.29) is 10.7 Å². The number of carboxylic acid groups (broad SMARTS) is 1. The number of methoxy groups -OCH3 is 2. The number of benzene rings is 2. The first kappa shape index (κ1) is 24.1. The van der Waals surface area contributed by atoms with Gasteiger partial charge in [0, 0.05) is 28.2 Å². The summed E-state index contributed by atoms with van der Waals surface area (Å²) in [4.78, 5) is 11.9. The molecule has 32 heavy (non-hydrogen) atoms. The average Bonchev–Trinajstić information content (AvgIpc) is 3.18. The van der Waals surface area contributed by atoms with Crippen LogP contribution in [-0.2, 0) is 11.3 Å². The zero-order valence-corrected chi connectivity index (χ0v) is 21.3. The van der Waals surface area contributed by atoms with Crippen molar-refractivity contribution < 1.29 is 24.5 Å². The van der Waals surface area contributed by atoms with E-state index in [0.717, 1.165) is 17.3 Å². The van der Waals surface area contributed by atoms with E-state index in [0.29, 0.717) is 43.5 Å². The molecule has 0 atom stereocenters. The van der Waals surface area contributed by atoms with Crippen LogP contribution in [-0.4, -0.2) is 45.2 Å². The molecule has 1 heterocycles. The topological polar surface area (TPSA) is 107 Å². The number of rotatable bonds is 8. The molecule has 0 unspecified atom stereocenters. The highest BCUT2D eigenvalue weighted by molar-refractivity contribution is 9.11. The summed E-state index contributed by atoms with van der Waals surface area (Å²) in [6.07, 6.45) is 1.39. The number of aromatic nitrogens is 3. The number of ether oxygens (including phenoxy) is 2. The summed E-state index contributed by atoms with van der Waals surface area (Å²) in [5.74, 6) is 0.529. The first-order chi connectivity index (χ1) is 15.3. The van der Waals surface area contributed by atoms with Gasteiger partial charge in [0.05, 0.1) is 18.7 Å². The Morgan fingerprint density at radius 1 is 1.12 bits per heavy atom. The second-order valence-electron chi connectivity index (χ2n) is 6.39. The molecule has 0 fully saturated rings. The number of carboxylic acids is 1. The van der Waals surface area contributed by atoms with E-state index in [2.05, 4.69) is 42.1 Å². The molecule has 0 spiro atoms. The van der Waals surface area contributed by atoms with Crippen molar-refractivity contribution in [3.63, 3.8) is 0 Å². The molecule has 2 N–H and O–H groups in total. The SMILES string of the molecule is CCn1c(S/C(=C\c2cc(Br)cc(Br)c2O)C(=O)O)nnc1-c1cc(OC)cc(OC)c1. The minimum Gasteiger partial charge on any atom is -0.506 e. The van der Waals surface area contributed by atoms with E-state index in [1.165, 1.54) is 6.08 Å². The van der Waals surface area contributed by atoms with Crippen LogP contribution in [0.2, 0.25) is 0 Å². The maximum Gasteiger partial charge on any atom is 0.342 e. The molecule has 3 aromatic rings. The summed E-state index contributed by atoms with van der Waals surface area (Å²) in [5, 5.41) is 28.9. The third-order valence-electron chi connectivity index (χ3n) is 4.40. The van der Waals surface area contributed by atoms with Crippen LogP contribution in [0.3, 0.4) is 0 Å². The number of phenols is 1. The van der Waals surface area contributed by atoms with E-state index >= 15 is 0 Å². The lowest BCUT2D eigenvalue weighted by Crippen LogP contribution is -2.03. The molecule has 0 saturated heterocycles. The summed E-state index contributed by atoms with van der Waals surface area (Å²) in [6.45, 7) is 2.42. The van der Waals surface area contributed by atoms with Gasteiger partial charge in [-0.25, -0.2) is 4.79 Å². The Hall–Kier alpha value is -2.50. The number of halogens is 2. The number of aliphatic carboxylic acids is 1. The summed E-state index contributed by atoms with van der Waals surface area (Å²) < 4.78 is 13.6. The number of thioether (sulfide) groups is 1. The maximum atomic E-state index is 11.9. The molecule has 1 aromatic heterocycles. The third kappa shape index (κ3) is 5.28. The largest absolute Gasteiger partial charge is 0.506 e. The number of carbonyl (C=O) groups is 1. The van der Waals surface area contributed by atoms with Crippen molar-refractivity contribution in [3.8, 4) is 28.6 Å². The molecule has 0 bridgehead atoms. The van der Waals surface area contributed by atoms with Crippen LogP contribution in [0.1, 0.15) is 12.5 Å². The highest BCUT2D eigenvalue weighted by Gasteiger charge is 2.20. The Morgan fingerprint density at radius 3 is 2.34 bits per heavy atom. The van der Waals surface area contributed by atoms with Gasteiger partial charge in [0.25, 0.3) is 0 Å². The lowest BCUT2D eigenvalue weighted by atomic mass is 10.2. The van der Waals surface area contributed by atoms with Crippen LogP contribution in [0.25, 0.3) is 17.5 Å². The van der Waals surface area contributed by atoms with E-state index in [4.69, 9.17) is 9.47 Å². The minimum atomic E-state index is -1.15. The molecule has 0 saturated carbocycles. The second-order valence-corrected chi connectivity index (χ2v) is 9.17. The Labute approximate surface area is 205 Å². The Kier molecular flexibility index (Phi) is 7.86. The molecule has 0 radical (unpaired) electrons. The quantitative estimate of drug-likeness (QED) is 0.267. The minimum absolute atomic E-state index is 0.0258. The number of hydrogen-bond donors (Lipinski definition) is 2. The van der Waals surface area contributed by atoms with Gasteiger partial charge in [-0.1, -0.05) is 15.9 Å². The van der Waals surface area contributed by atoms with Crippen molar-refractivity contribution in [1.29, 1.82) is 0 Å². The first-order valence-electron chi connectivity index (χ1n) is 9.24. The van der Waals surface area contributed by atoms with Crippen molar-refractivity contribution in [1.82, 2.24) is 14.8 Å². The van der Waals surface area contributed by atoms with Crippen LogP contribution in [0, 0.1) is 0 Å². The molecule has 8 nitrogen and oxygen atoms in total. The zero-order chi connectivity index (χ0) is 23.4. The molecule has 2 aromatic carbocycles. The van der Waals surface area contributed by atoms with Crippen LogP contribution in [0.15, 0.2) is 49.3 Å². The maximum absolute atomic E-state index is 11.9. The van der Waals surface area contributed by atoms with Gasteiger partial charge in [0.2, 0.25) is 0 Å². The lowest BCUT2D eigenvalue weighted by molar-refractivity contribution is -0.131. The normalized spacial score (nSPS) is 11.5. The molecule has 0 aliphatic rings. The van der Waals surface area contributed by atoms with Crippen molar-refractivity contribution in [2.45, 2.75) is 18.6 Å². The molecule has 3 rings (SSSR count). The van der Waals surface area contributed by atoms with E-state index in [1.807, 2.05) is 6.92 Å². The number of hydrogen-bond acceptors (Lipinski definition) is 7. The van der Waals surface area contributed by atoms with Crippen molar-refractivity contribution in [2.75, 3.05) is 14.2 Å². The number of phenolic OH excluding ortho intramolecular Hbond substituents is 1. The monoisotopic (exact) mass is 583 g/mol. The predicted molar refractivity (Wildman–Crippen MR) is 129 cm³/mol. The van der Waals surface area contributed by atoms with Gasteiger partial charge < -0.3 is 24.3 Å². The summed E-state index contributed by atoms with van der Waals surface area (Å²) in [6, 6.07) is 8.65. The smallest absolute Gasteiger partial charge is 0.342 e. The summed E-state index contributed by atoms with van der Waals surface area (Å²) >= 11 is 7.55. The number of aromatic hydroxyl groups is 1. The summed E-state index contributed by atoms with van der Waals surface area (Å²) in [7, 11) is 3.12. The fourth-order valence-corrected chi connectivity index (χ4v) is 5.01. The van der Waals surface area contributed by atoms with Gasteiger partial charge in [0.15, 0.2) is 11.0 Å². The standard InChI is InChI=1S/C21H19Br2N3O5S/c1-4-26-19(12-6-14(30-2)10-15(7-12)31-3)24-25-21(26)32-17(20(28)29)8-11-5-13(22)9-16(23)18(11)27/h5-10,27H,4H2,1-3H3,(H,28,29)/b17-8-. The van der Waals surface area contributed by atoms with E-state index < -0.39 is 5.97 Å². The van der Waals surface area contributed by atoms with Crippen molar-refractivity contribution >= 4 is 55.7 Å². The van der Waals surface area contributed by atoms with Gasteiger partial charge in [-0.15, -0.1) is 10.2 Å². The molecular formula is C21H19Br2N3O5S. The molecule has 168 valence electrons. The Balaban J connectivity index is 2.04. The Bertz CT molecular complexity index is 1170. The fourth-order valence-electron chi connectivity index (χ4n) is 2.87. The zero-order valence-electron chi connectivity index (χ0n) is 17.3. The molecular weight excluding hydrogens is 566 g/mol. The van der Waals surface area contributed by atoms with E-state index in [9.17, 15) is 15.0 Å². The molecule has 0 amide bonds. The molecule has 11 heteroatoms. The van der Waals surface area contributed by atoms with Gasteiger partial charge in [-0.2, -0.15) is 0 Å². The third-order valence-corrected chi connectivity index (χ3v) is 6.46. The number of nitrogens with zero attached hydrogens (tertiary/aromatic N) is 3. The lowest BCUT2D eigenvalue weighted by Gasteiger charge is -2.11.